The van der Waals surface area contributed by atoms with Crippen LogP contribution >= 0.6 is 10.7 Å². The quantitative estimate of drug-likeness (QED) is 0.453. The molecule has 0 fully saturated rings. The number of rotatable bonds is 5. The Morgan fingerprint density at radius 2 is 2.19 bits per heavy atom. The van der Waals surface area contributed by atoms with Crippen molar-refractivity contribution in [2.24, 2.45) is 0 Å². The van der Waals surface area contributed by atoms with Crippen LogP contribution < -0.4 is 0 Å². The van der Waals surface area contributed by atoms with Crippen LogP contribution in [0, 0.1) is 10.1 Å². The van der Waals surface area contributed by atoms with Crippen LogP contribution in [-0.4, -0.2) is 33.3 Å². The molecule has 12 heteroatoms. The Labute approximate surface area is 123 Å². The Morgan fingerprint density at radius 1 is 1.52 bits per heavy atom. The SMILES string of the molecule is CC(C)c1nc(Cn2cc(S(=O)(=O)Cl)c([N+](=O)[O-])n2)no1. The number of aromatic nitrogens is 4. The molecule has 114 valence electrons. The van der Waals surface area contributed by atoms with E-state index in [1.165, 1.54) is 0 Å². The first-order valence-corrected chi connectivity index (χ1v) is 7.98. The van der Waals surface area contributed by atoms with Gasteiger partial charge in [-0.25, -0.2) is 8.42 Å². The Hall–Kier alpha value is -2.01. The average Bonchev–Trinajstić information content (AvgIpc) is 2.95. The van der Waals surface area contributed by atoms with Crippen molar-refractivity contribution in [1.29, 1.82) is 0 Å². The van der Waals surface area contributed by atoms with Crippen molar-refractivity contribution in [3.8, 4) is 0 Å². The van der Waals surface area contributed by atoms with E-state index in [0.717, 1.165) is 10.9 Å². The minimum atomic E-state index is -4.28. The Kier molecular flexibility index (Phi) is 3.96. The summed E-state index contributed by atoms with van der Waals surface area (Å²) in [4.78, 5) is 13.2. The van der Waals surface area contributed by atoms with Gasteiger partial charge in [0.15, 0.2) is 5.82 Å². The topological polar surface area (TPSA) is 134 Å². The van der Waals surface area contributed by atoms with E-state index in [4.69, 9.17) is 15.2 Å². The van der Waals surface area contributed by atoms with Crippen LogP contribution in [0.25, 0.3) is 0 Å². The van der Waals surface area contributed by atoms with Gasteiger partial charge in [0.1, 0.15) is 6.54 Å². The van der Waals surface area contributed by atoms with Crippen molar-refractivity contribution in [3.63, 3.8) is 0 Å². The summed E-state index contributed by atoms with van der Waals surface area (Å²) in [5.41, 5.74) is 0. The van der Waals surface area contributed by atoms with Crippen molar-refractivity contribution in [2.75, 3.05) is 0 Å². The molecule has 0 aliphatic rings. The van der Waals surface area contributed by atoms with Crippen LogP contribution in [0.15, 0.2) is 15.6 Å². The number of nitrogens with zero attached hydrogens (tertiary/aromatic N) is 5. The molecule has 0 amide bonds. The number of halogens is 1. The largest absolute Gasteiger partial charge is 0.410 e. The predicted molar refractivity (Wildman–Crippen MR) is 69.4 cm³/mol. The van der Waals surface area contributed by atoms with Crippen LogP contribution in [-0.2, 0) is 15.6 Å². The standard InChI is InChI=1S/C9H10ClN5O5S/c1-5(2)9-11-7(13-20-9)4-14-3-6(21(10,18)19)8(12-14)15(16)17/h3,5H,4H2,1-2H3. The lowest BCUT2D eigenvalue weighted by atomic mass is 10.2. The van der Waals surface area contributed by atoms with Crippen molar-refractivity contribution >= 4 is 25.6 Å². The second-order valence-corrected chi connectivity index (χ2v) is 6.95. The fraction of sp³-hybridized carbons (Fsp3) is 0.444. The molecule has 0 aromatic carbocycles. The summed E-state index contributed by atoms with van der Waals surface area (Å²) in [6.07, 6.45) is 0.950. The van der Waals surface area contributed by atoms with Crippen LogP contribution in [0.1, 0.15) is 31.5 Å². The van der Waals surface area contributed by atoms with Gasteiger partial charge in [-0.05, 0) is 4.92 Å². The van der Waals surface area contributed by atoms with Crippen molar-refractivity contribution < 1.29 is 17.9 Å². The van der Waals surface area contributed by atoms with Gasteiger partial charge in [0.2, 0.25) is 10.8 Å². The highest BCUT2D eigenvalue weighted by Crippen LogP contribution is 2.25. The van der Waals surface area contributed by atoms with Crippen molar-refractivity contribution in [1.82, 2.24) is 19.9 Å². The van der Waals surface area contributed by atoms with Crippen LogP contribution in [0.4, 0.5) is 5.82 Å². The number of hydrogen-bond acceptors (Lipinski definition) is 8. The third-order valence-electron chi connectivity index (χ3n) is 2.43. The van der Waals surface area contributed by atoms with E-state index in [-0.39, 0.29) is 18.3 Å². The van der Waals surface area contributed by atoms with Gasteiger partial charge in [-0.1, -0.05) is 19.0 Å². The first kappa shape index (κ1) is 15.4. The Bertz CT molecular complexity index is 780. The average molecular weight is 336 g/mol. The van der Waals surface area contributed by atoms with E-state index in [0.29, 0.717) is 5.89 Å². The second-order valence-electron chi connectivity index (χ2n) is 4.41. The molecule has 0 saturated heterocycles. The van der Waals surface area contributed by atoms with E-state index in [9.17, 15) is 18.5 Å². The van der Waals surface area contributed by atoms with Gasteiger partial charge in [0.25, 0.3) is 9.05 Å². The summed E-state index contributed by atoms with van der Waals surface area (Å²) in [7, 11) is 0.859. The smallest absolute Gasteiger partial charge is 0.358 e. The third kappa shape index (κ3) is 3.36. The normalized spacial score (nSPS) is 12.0. The zero-order valence-electron chi connectivity index (χ0n) is 10.9. The summed E-state index contributed by atoms with van der Waals surface area (Å²) in [5, 5.41) is 18.0. The zero-order valence-corrected chi connectivity index (χ0v) is 12.5. The van der Waals surface area contributed by atoms with E-state index >= 15 is 0 Å². The summed E-state index contributed by atoms with van der Waals surface area (Å²) >= 11 is 0. The molecule has 2 heterocycles. The number of nitro groups is 1. The van der Waals surface area contributed by atoms with Crippen LogP contribution in [0.5, 0.6) is 0 Å². The molecule has 0 unspecified atom stereocenters. The third-order valence-corrected chi connectivity index (χ3v) is 3.74. The lowest BCUT2D eigenvalue weighted by Gasteiger charge is -1.92. The first-order valence-electron chi connectivity index (χ1n) is 5.67. The van der Waals surface area contributed by atoms with Gasteiger partial charge in [-0.2, -0.15) is 9.67 Å². The lowest BCUT2D eigenvalue weighted by Crippen LogP contribution is -2.03. The van der Waals surface area contributed by atoms with Gasteiger partial charge in [-0.3, -0.25) is 0 Å². The zero-order chi connectivity index (χ0) is 15.8. The highest BCUT2D eigenvalue weighted by Gasteiger charge is 2.30. The Morgan fingerprint density at radius 3 is 2.62 bits per heavy atom. The predicted octanol–water partition coefficient (Wildman–Crippen LogP) is 1.27. The Balaban J connectivity index is 2.34. The van der Waals surface area contributed by atoms with Crippen LogP contribution in [0.2, 0.25) is 0 Å². The van der Waals surface area contributed by atoms with Gasteiger partial charge >= 0.3 is 5.82 Å². The number of hydrogen-bond donors (Lipinski definition) is 0. The minimum Gasteiger partial charge on any atom is -0.358 e. The molecule has 21 heavy (non-hydrogen) atoms. The van der Waals surface area contributed by atoms with E-state index in [1.54, 1.807) is 0 Å². The molecule has 0 atom stereocenters. The summed E-state index contributed by atoms with van der Waals surface area (Å²) in [5.74, 6) is -0.207. The van der Waals surface area contributed by atoms with Gasteiger partial charge in [0.05, 0.1) is 11.3 Å². The molecule has 0 bridgehead atoms. The molecule has 2 aromatic rings. The minimum absolute atomic E-state index is 0.0250. The fourth-order valence-corrected chi connectivity index (χ4v) is 2.39. The molecular weight excluding hydrogens is 326 g/mol. The summed E-state index contributed by atoms with van der Waals surface area (Å²) in [6.45, 7) is 3.63. The molecule has 2 aromatic heterocycles. The van der Waals surface area contributed by atoms with E-state index in [1.807, 2.05) is 13.8 Å². The van der Waals surface area contributed by atoms with Crippen LogP contribution in [0.3, 0.4) is 0 Å². The lowest BCUT2D eigenvalue weighted by molar-refractivity contribution is -0.392. The fourth-order valence-electron chi connectivity index (χ4n) is 1.48. The molecule has 0 aliphatic heterocycles. The van der Waals surface area contributed by atoms with Gasteiger partial charge in [-0.15, -0.1) is 0 Å². The van der Waals surface area contributed by atoms with Gasteiger partial charge in [0, 0.05) is 16.6 Å². The van der Waals surface area contributed by atoms with Crippen molar-refractivity contribution in [3.05, 3.63) is 28.0 Å². The molecule has 0 N–H and O–H groups in total. The van der Waals surface area contributed by atoms with E-state index < -0.39 is 24.7 Å². The second kappa shape index (κ2) is 5.41. The molecule has 0 aliphatic carbocycles. The van der Waals surface area contributed by atoms with Gasteiger partial charge < -0.3 is 14.6 Å². The molecule has 0 saturated carbocycles. The molecular formula is C9H10ClN5O5S. The summed E-state index contributed by atoms with van der Waals surface area (Å²) in [6, 6.07) is 0. The molecule has 10 nitrogen and oxygen atoms in total. The highest BCUT2D eigenvalue weighted by atomic mass is 35.7. The van der Waals surface area contributed by atoms with Crippen molar-refractivity contribution in [2.45, 2.75) is 31.2 Å². The monoisotopic (exact) mass is 335 g/mol. The first-order chi connectivity index (χ1) is 9.68. The maximum absolute atomic E-state index is 11.3. The molecule has 2 rings (SSSR count). The van der Waals surface area contributed by atoms with E-state index in [2.05, 4.69) is 15.2 Å². The maximum atomic E-state index is 11.3. The highest BCUT2D eigenvalue weighted by molar-refractivity contribution is 8.13. The molecule has 0 radical (unpaired) electrons. The summed E-state index contributed by atoms with van der Waals surface area (Å²) < 4.78 is 28.5. The maximum Gasteiger partial charge on any atom is 0.410 e. The molecule has 0 spiro atoms.